The maximum atomic E-state index is 5.96. The summed E-state index contributed by atoms with van der Waals surface area (Å²) in [6, 6.07) is 0. The van der Waals surface area contributed by atoms with E-state index in [1.165, 1.54) is 0 Å². The molecule has 0 aliphatic heterocycles. The molecule has 0 saturated carbocycles. The predicted molar refractivity (Wildman–Crippen MR) is 80.7 cm³/mol. The number of nitrogens with two attached hydrogens (primary N) is 1. The average molecular weight is 301 g/mol. The van der Waals surface area contributed by atoms with Gasteiger partial charge in [0.1, 0.15) is 12.3 Å². The van der Waals surface area contributed by atoms with Crippen molar-refractivity contribution in [2.75, 3.05) is 52.5 Å². The maximum absolute atomic E-state index is 5.96. The highest BCUT2D eigenvalue weighted by Gasteiger charge is 2.13. The zero-order chi connectivity index (χ0) is 15.5. The summed E-state index contributed by atoms with van der Waals surface area (Å²) in [6.07, 6.45) is 0.978. The molecule has 122 valence electrons. The number of anilines is 1. The second-order valence-corrected chi connectivity index (χ2v) is 4.59. The Morgan fingerprint density at radius 3 is 2.29 bits per heavy atom. The van der Waals surface area contributed by atoms with Gasteiger partial charge in [0, 0.05) is 13.7 Å². The molecule has 0 aromatic carbocycles. The van der Waals surface area contributed by atoms with Crippen LogP contribution in [0.5, 0.6) is 5.88 Å². The van der Waals surface area contributed by atoms with E-state index in [0.717, 1.165) is 18.7 Å². The molecular formula is C14H27N3O4. The topological polar surface area (TPSA) is 80.8 Å². The van der Waals surface area contributed by atoms with Gasteiger partial charge in [-0.1, -0.05) is 6.92 Å². The summed E-state index contributed by atoms with van der Waals surface area (Å²) in [5, 5.41) is 4.35. The van der Waals surface area contributed by atoms with Crippen LogP contribution in [0.2, 0.25) is 0 Å². The van der Waals surface area contributed by atoms with Crippen LogP contribution in [-0.4, -0.2) is 56.5 Å². The Kier molecular flexibility index (Phi) is 8.80. The number of nitrogens with zero attached hydrogens (tertiary/aromatic N) is 2. The normalized spacial score (nSPS) is 11.0. The number of aryl methyl sites for hydroxylation is 2. The molecule has 2 N–H and O–H groups in total. The number of nitrogen functional groups attached to an aromatic ring is 1. The second kappa shape index (κ2) is 10.4. The molecule has 0 amide bonds. The maximum Gasteiger partial charge on any atom is 0.236 e. The van der Waals surface area contributed by atoms with E-state index in [2.05, 4.69) is 12.0 Å². The fraction of sp³-hybridized carbons (Fsp3) is 0.786. The first-order chi connectivity index (χ1) is 10.2. The molecule has 1 aromatic rings. The fourth-order valence-electron chi connectivity index (χ4n) is 1.75. The third-order valence-electron chi connectivity index (χ3n) is 2.83. The first-order valence-electron chi connectivity index (χ1n) is 7.30. The van der Waals surface area contributed by atoms with Crippen LogP contribution in [-0.2, 0) is 20.8 Å². The fourth-order valence-corrected chi connectivity index (χ4v) is 1.75. The minimum atomic E-state index is 0.442. The lowest BCUT2D eigenvalue weighted by atomic mass is 10.4. The van der Waals surface area contributed by atoms with Gasteiger partial charge in [0.05, 0.1) is 38.7 Å². The van der Waals surface area contributed by atoms with Crippen molar-refractivity contribution in [3.05, 3.63) is 5.69 Å². The molecule has 21 heavy (non-hydrogen) atoms. The van der Waals surface area contributed by atoms with Crippen LogP contribution in [0, 0.1) is 6.92 Å². The van der Waals surface area contributed by atoms with E-state index in [9.17, 15) is 0 Å². The largest absolute Gasteiger partial charge is 0.474 e. The highest BCUT2D eigenvalue weighted by atomic mass is 16.6. The van der Waals surface area contributed by atoms with Gasteiger partial charge in [0.25, 0.3) is 0 Å². The van der Waals surface area contributed by atoms with E-state index in [0.29, 0.717) is 51.2 Å². The lowest BCUT2D eigenvalue weighted by Crippen LogP contribution is -2.14. The number of ether oxygens (including phenoxy) is 4. The summed E-state index contributed by atoms with van der Waals surface area (Å²) in [5.74, 6) is 0.634. The zero-order valence-corrected chi connectivity index (χ0v) is 13.3. The first-order valence-corrected chi connectivity index (χ1v) is 7.30. The summed E-state index contributed by atoms with van der Waals surface area (Å²) in [7, 11) is 1.65. The quantitative estimate of drug-likeness (QED) is 0.585. The van der Waals surface area contributed by atoms with Crippen molar-refractivity contribution in [1.29, 1.82) is 0 Å². The van der Waals surface area contributed by atoms with E-state index in [1.54, 1.807) is 11.8 Å². The molecule has 1 aromatic heterocycles. The van der Waals surface area contributed by atoms with Gasteiger partial charge in [-0.05, 0) is 13.3 Å². The highest BCUT2D eigenvalue weighted by Crippen LogP contribution is 2.24. The number of methoxy groups -OCH3 is 1. The molecule has 1 rings (SSSR count). The smallest absolute Gasteiger partial charge is 0.236 e. The average Bonchev–Trinajstić information content (AvgIpc) is 2.73. The molecule has 0 atom stereocenters. The van der Waals surface area contributed by atoms with Crippen molar-refractivity contribution in [3.63, 3.8) is 0 Å². The third-order valence-corrected chi connectivity index (χ3v) is 2.83. The molecule has 0 saturated heterocycles. The van der Waals surface area contributed by atoms with E-state index in [1.807, 2.05) is 6.92 Å². The van der Waals surface area contributed by atoms with Gasteiger partial charge in [-0.2, -0.15) is 5.10 Å². The van der Waals surface area contributed by atoms with Crippen LogP contribution < -0.4 is 10.5 Å². The van der Waals surface area contributed by atoms with Crippen molar-refractivity contribution in [2.24, 2.45) is 0 Å². The van der Waals surface area contributed by atoms with Gasteiger partial charge >= 0.3 is 0 Å². The summed E-state index contributed by atoms with van der Waals surface area (Å²) in [4.78, 5) is 0. The Hall–Kier alpha value is -1.31. The Labute approximate surface area is 126 Å². The van der Waals surface area contributed by atoms with Crippen molar-refractivity contribution >= 4 is 5.69 Å². The lowest BCUT2D eigenvalue weighted by Gasteiger charge is -2.10. The second-order valence-electron chi connectivity index (χ2n) is 4.59. The summed E-state index contributed by atoms with van der Waals surface area (Å²) in [6.45, 7) is 7.97. The van der Waals surface area contributed by atoms with Crippen LogP contribution in [0.3, 0.4) is 0 Å². The van der Waals surface area contributed by atoms with Crippen LogP contribution >= 0.6 is 0 Å². The van der Waals surface area contributed by atoms with Gasteiger partial charge in [0.2, 0.25) is 5.88 Å². The minimum absolute atomic E-state index is 0.442. The van der Waals surface area contributed by atoms with Crippen molar-refractivity contribution in [2.45, 2.75) is 26.8 Å². The number of hydrogen-bond acceptors (Lipinski definition) is 6. The molecule has 0 bridgehead atoms. The van der Waals surface area contributed by atoms with Crippen molar-refractivity contribution in [1.82, 2.24) is 9.78 Å². The lowest BCUT2D eigenvalue weighted by molar-refractivity contribution is 0.0173. The Morgan fingerprint density at radius 1 is 1.05 bits per heavy atom. The summed E-state index contributed by atoms with van der Waals surface area (Å²) < 4.78 is 23.1. The van der Waals surface area contributed by atoms with Crippen LogP contribution in [0.15, 0.2) is 0 Å². The molecule has 1 heterocycles. The monoisotopic (exact) mass is 301 g/mol. The van der Waals surface area contributed by atoms with Crippen molar-refractivity contribution < 1.29 is 18.9 Å². The van der Waals surface area contributed by atoms with Gasteiger partial charge in [-0.15, -0.1) is 0 Å². The predicted octanol–water partition coefficient (Wildman–Crippen LogP) is 1.24. The number of rotatable bonds is 12. The van der Waals surface area contributed by atoms with E-state index >= 15 is 0 Å². The van der Waals surface area contributed by atoms with E-state index < -0.39 is 0 Å². The van der Waals surface area contributed by atoms with Gasteiger partial charge < -0.3 is 24.7 Å². The first kappa shape index (κ1) is 17.7. The Balaban J connectivity index is 2.18. The number of hydrogen-bond donors (Lipinski definition) is 1. The molecule has 0 aliphatic rings. The van der Waals surface area contributed by atoms with E-state index in [-0.39, 0.29) is 0 Å². The molecule has 0 unspecified atom stereocenters. The highest BCUT2D eigenvalue weighted by molar-refractivity contribution is 5.52. The van der Waals surface area contributed by atoms with Gasteiger partial charge in [-0.25, -0.2) is 4.68 Å². The Bertz CT molecular complexity index is 396. The molecule has 0 aliphatic carbocycles. The molecule has 7 heteroatoms. The van der Waals surface area contributed by atoms with Crippen LogP contribution in [0.4, 0.5) is 5.69 Å². The molecule has 0 fully saturated rings. The molecule has 7 nitrogen and oxygen atoms in total. The summed E-state index contributed by atoms with van der Waals surface area (Å²) in [5.41, 5.74) is 7.36. The third kappa shape index (κ3) is 6.33. The SMILES string of the molecule is CCCn1nc(C)c(N)c1OCCOCCOCCOC. The van der Waals surface area contributed by atoms with Crippen molar-refractivity contribution in [3.8, 4) is 5.88 Å². The van der Waals surface area contributed by atoms with E-state index in [4.69, 9.17) is 24.7 Å². The van der Waals surface area contributed by atoms with Crippen LogP contribution in [0.25, 0.3) is 0 Å². The minimum Gasteiger partial charge on any atom is -0.474 e. The molecule has 0 spiro atoms. The molecular weight excluding hydrogens is 274 g/mol. The number of aromatic nitrogens is 2. The van der Waals surface area contributed by atoms with Crippen LogP contribution in [0.1, 0.15) is 19.0 Å². The van der Waals surface area contributed by atoms with Gasteiger partial charge in [0.15, 0.2) is 0 Å². The zero-order valence-electron chi connectivity index (χ0n) is 13.3. The molecule has 0 radical (unpaired) electrons. The standard InChI is InChI=1S/C14H27N3O4/c1-4-5-17-14(13(15)12(2)16-17)21-11-10-20-9-8-19-7-6-18-3/h4-11,15H2,1-3H3. The Morgan fingerprint density at radius 2 is 1.67 bits per heavy atom. The summed E-state index contributed by atoms with van der Waals surface area (Å²) >= 11 is 0. The van der Waals surface area contributed by atoms with Gasteiger partial charge in [-0.3, -0.25) is 0 Å².